The van der Waals surface area contributed by atoms with Crippen molar-refractivity contribution < 1.29 is 8.42 Å². The van der Waals surface area contributed by atoms with E-state index in [1.165, 1.54) is 45.1 Å². The quantitative estimate of drug-likeness (QED) is 0.789. The number of likely N-dealkylation sites (tertiary alicyclic amines) is 1. The maximum atomic E-state index is 11.7. The molecule has 106 valence electrons. The van der Waals surface area contributed by atoms with E-state index in [9.17, 15) is 8.42 Å². The molecule has 1 aliphatic carbocycles. The summed E-state index contributed by atoms with van der Waals surface area (Å²) in [6.45, 7) is 3.97. The Hall–Kier alpha value is -0.0900. The van der Waals surface area contributed by atoms with Gasteiger partial charge in [0, 0.05) is 18.3 Å². The molecule has 1 saturated carbocycles. The molecule has 1 saturated heterocycles. The van der Waals surface area contributed by atoms with Gasteiger partial charge in [-0.1, -0.05) is 26.2 Å². The molecule has 1 aliphatic heterocycles. The zero-order chi connectivity index (χ0) is 13.0. The highest BCUT2D eigenvalue weighted by Crippen LogP contribution is 2.27. The van der Waals surface area contributed by atoms with Crippen molar-refractivity contribution in [1.29, 1.82) is 0 Å². The minimum atomic E-state index is -2.80. The van der Waals surface area contributed by atoms with Gasteiger partial charge >= 0.3 is 0 Å². The highest BCUT2D eigenvalue weighted by Gasteiger charge is 2.28. The Labute approximate surface area is 112 Å². The average molecular weight is 273 g/mol. The number of sulfone groups is 1. The van der Waals surface area contributed by atoms with Gasteiger partial charge in [0.25, 0.3) is 0 Å². The second kappa shape index (κ2) is 6.38. The molecule has 3 nitrogen and oxygen atoms in total. The summed E-state index contributed by atoms with van der Waals surface area (Å²) in [4.78, 5) is 2.58. The molecule has 2 fully saturated rings. The molecule has 4 heteroatoms. The van der Waals surface area contributed by atoms with Gasteiger partial charge in [-0.25, -0.2) is 8.42 Å². The van der Waals surface area contributed by atoms with Crippen LogP contribution in [0.2, 0.25) is 0 Å². The van der Waals surface area contributed by atoms with Crippen LogP contribution < -0.4 is 0 Å². The lowest BCUT2D eigenvalue weighted by atomic mass is 9.91. The van der Waals surface area contributed by atoms with E-state index in [1.54, 1.807) is 6.92 Å². The molecule has 0 radical (unpaired) electrons. The molecule has 0 aromatic rings. The van der Waals surface area contributed by atoms with E-state index in [4.69, 9.17) is 0 Å². The van der Waals surface area contributed by atoms with Gasteiger partial charge in [0.15, 0.2) is 0 Å². The molecule has 0 N–H and O–H groups in total. The Balaban J connectivity index is 1.87. The molecule has 0 aromatic heterocycles. The summed E-state index contributed by atoms with van der Waals surface area (Å²) in [7, 11) is -2.80. The Morgan fingerprint density at radius 1 is 1.06 bits per heavy atom. The molecule has 0 unspecified atom stereocenters. The smallest absolute Gasteiger partial charge is 0.150 e. The number of rotatable bonds is 4. The van der Waals surface area contributed by atoms with E-state index in [0.29, 0.717) is 17.4 Å². The van der Waals surface area contributed by atoms with E-state index in [2.05, 4.69) is 4.90 Å². The largest absolute Gasteiger partial charge is 0.300 e. The van der Waals surface area contributed by atoms with Crippen molar-refractivity contribution in [2.45, 2.75) is 57.9 Å². The standard InChI is InChI=1S/C14H27NO2S/c1-2-18(16,17)12-13-7-6-10-15(11-13)14-8-4-3-5-9-14/h13-14H,2-12H2,1H3/t13-/m1/s1. The summed E-state index contributed by atoms with van der Waals surface area (Å²) in [5, 5.41) is 0. The molecule has 2 aliphatic rings. The van der Waals surface area contributed by atoms with Crippen molar-refractivity contribution in [2.75, 3.05) is 24.6 Å². The Morgan fingerprint density at radius 2 is 1.78 bits per heavy atom. The molecule has 0 aromatic carbocycles. The average Bonchev–Trinajstić information content (AvgIpc) is 2.40. The number of hydrogen-bond acceptors (Lipinski definition) is 3. The van der Waals surface area contributed by atoms with Crippen LogP contribution in [0.5, 0.6) is 0 Å². The third kappa shape index (κ3) is 3.95. The van der Waals surface area contributed by atoms with Gasteiger partial charge in [-0.2, -0.15) is 0 Å². The first-order valence-corrected chi connectivity index (χ1v) is 9.37. The maximum Gasteiger partial charge on any atom is 0.150 e. The second-order valence-corrected chi connectivity index (χ2v) is 8.39. The lowest BCUT2D eigenvalue weighted by Crippen LogP contribution is -2.45. The maximum absolute atomic E-state index is 11.7. The van der Waals surface area contributed by atoms with Crippen LogP contribution in [-0.4, -0.2) is 44.0 Å². The second-order valence-electron chi connectivity index (χ2n) is 5.99. The number of hydrogen-bond donors (Lipinski definition) is 0. The van der Waals surface area contributed by atoms with E-state index < -0.39 is 9.84 Å². The van der Waals surface area contributed by atoms with E-state index in [-0.39, 0.29) is 0 Å². The molecule has 18 heavy (non-hydrogen) atoms. The van der Waals surface area contributed by atoms with Gasteiger partial charge < -0.3 is 4.90 Å². The summed E-state index contributed by atoms with van der Waals surface area (Å²) in [6.07, 6.45) is 9.04. The highest BCUT2D eigenvalue weighted by atomic mass is 32.2. The monoisotopic (exact) mass is 273 g/mol. The van der Waals surface area contributed by atoms with Crippen LogP contribution in [0.4, 0.5) is 0 Å². The van der Waals surface area contributed by atoms with Crippen LogP contribution in [0.1, 0.15) is 51.9 Å². The summed E-state index contributed by atoms with van der Waals surface area (Å²) >= 11 is 0. The zero-order valence-electron chi connectivity index (χ0n) is 11.6. The van der Waals surface area contributed by atoms with E-state index in [1.807, 2.05) is 0 Å². The van der Waals surface area contributed by atoms with E-state index >= 15 is 0 Å². The van der Waals surface area contributed by atoms with Gasteiger partial charge in [-0.3, -0.25) is 0 Å². The summed E-state index contributed by atoms with van der Waals surface area (Å²) in [6, 6.07) is 0.742. The van der Waals surface area contributed by atoms with Crippen LogP contribution in [-0.2, 0) is 9.84 Å². The third-order valence-electron chi connectivity index (χ3n) is 4.57. The first-order chi connectivity index (χ1) is 8.61. The van der Waals surface area contributed by atoms with Crippen molar-refractivity contribution in [2.24, 2.45) is 5.92 Å². The lowest BCUT2D eigenvalue weighted by Gasteiger charge is -2.40. The molecular weight excluding hydrogens is 246 g/mol. The van der Waals surface area contributed by atoms with Crippen LogP contribution in [0, 0.1) is 5.92 Å². The van der Waals surface area contributed by atoms with Crippen molar-refractivity contribution in [3.8, 4) is 0 Å². The molecule has 0 bridgehead atoms. The molecule has 1 atom stereocenters. The van der Waals surface area contributed by atoms with Crippen molar-refractivity contribution in [3.63, 3.8) is 0 Å². The number of piperidine rings is 1. The van der Waals surface area contributed by atoms with Crippen LogP contribution in [0.25, 0.3) is 0 Å². The minimum absolute atomic E-state index is 0.299. The number of nitrogens with zero attached hydrogens (tertiary/aromatic N) is 1. The third-order valence-corrected chi connectivity index (χ3v) is 6.43. The topological polar surface area (TPSA) is 37.4 Å². The Morgan fingerprint density at radius 3 is 2.44 bits per heavy atom. The lowest BCUT2D eigenvalue weighted by molar-refractivity contribution is 0.105. The molecular formula is C14H27NO2S. The van der Waals surface area contributed by atoms with Crippen LogP contribution in [0.3, 0.4) is 0 Å². The fraction of sp³-hybridized carbons (Fsp3) is 1.00. The predicted molar refractivity (Wildman–Crippen MR) is 75.5 cm³/mol. The minimum Gasteiger partial charge on any atom is -0.300 e. The fourth-order valence-corrected chi connectivity index (χ4v) is 4.71. The van der Waals surface area contributed by atoms with Gasteiger partial charge in [0.1, 0.15) is 9.84 Å². The van der Waals surface area contributed by atoms with Crippen LogP contribution >= 0.6 is 0 Å². The van der Waals surface area contributed by atoms with Crippen LogP contribution in [0.15, 0.2) is 0 Å². The van der Waals surface area contributed by atoms with Gasteiger partial charge in [-0.05, 0) is 38.1 Å². The van der Waals surface area contributed by atoms with E-state index in [0.717, 1.165) is 19.0 Å². The summed E-state index contributed by atoms with van der Waals surface area (Å²) in [5.41, 5.74) is 0. The van der Waals surface area contributed by atoms with Gasteiger partial charge in [0.05, 0.1) is 5.75 Å². The first-order valence-electron chi connectivity index (χ1n) is 7.55. The van der Waals surface area contributed by atoms with Gasteiger partial charge in [0.2, 0.25) is 0 Å². The van der Waals surface area contributed by atoms with Crippen molar-refractivity contribution >= 4 is 9.84 Å². The Kier molecular flexibility index (Phi) is 5.07. The highest BCUT2D eigenvalue weighted by molar-refractivity contribution is 7.91. The summed E-state index contributed by atoms with van der Waals surface area (Å²) < 4.78 is 23.5. The van der Waals surface area contributed by atoms with Crippen molar-refractivity contribution in [1.82, 2.24) is 4.90 Å². The molecule has 0 spiro atoms. The summed E-state index contributed by atoms with van der Waals surface area (Å²) in [5.74, 6) is 1.09. The fourth-order valence-electron chi connectivity index (χ4n) is 3.49. The molecule has 0 amide bonds. The molecule has 2 rings (SSSR count). The predicted octanol–water partition coefficient (Wildman–Crippen LogP) is 2.47. The van der Waals surface area contributed by atoms with Gasteiger partial charge in [-0.15, -0.1) is 0 Å². The van der Waals surface area contributed by atoms with Crippen molar-refractivity contribution in [3.05, 3.63) is 0 Å². The SMILES string of the molecule is CCS(=O)(=O)C[C@@H]1CCCN(C2CCCCC2)C1. The normalized spacial score (nSPS) is 28.4. The molecule has 1 heterocycles. The Bertz CT molecular complexity index is 347. The first kappa shape index (κ1) is 14.3. The zero-order valence-corrected chi connectivity index (χ0v) is 12.4.